The molecule has 9 heteroatoms. The van der Waals surface area contributed by atoms with Gasteiger partial charge in [0.2, 0.25) is 17.5 Å². The summed E-state index contributed by atoms with van der Waals surface area (Å²) in [6.07, 6.45) is -0.865. The minimum absolute atomic E-state index is 0.0520. The highest BCUT2D eigenvalue weighted by Gasteiger charge is 2.25. The van der Waals surface area contributed by atoms with Crippen molar-refractivity contribution in [3.05, 3.63) is 63.2 Å². The Morgan fingerprint density at radius 3 is 2.61 bits per heavy atom. The molecule has 1 heterocycles. The van der Waals surface area contributed by atoms with Crippen molar-refractivity contribution in [3.63, 3.8) is 0 Å². The van der Waals surface area contributed by atoms with Crippen molar-refractivity contribution < 1.29 is 14.6 Å². The monoisotopic (exact) mass is 418 g/mol. The number of aliphatic hydroxyl groups excluding tert-OH is 1. The number of benzene rings is 2. The minimum Gasteiger partial charge on any atom is -0.506 e. The Labute approximate surface area is 171 Å². The van der Waals surface area contributed by atoms with Gasteiger partial charge in [-0.15, -0.1) is 10.2 Å². The number of anilines is 1. The van der Waals surface area contributed by atoms with Crippen LogP contribution in [0.15, 0.2) is 34.7 Å². The number of hydrogen-bond acceptors (Lipinski definition) is 6. The van der Waals surface area contributed by atoms with Gasteiger partial charge < -0.3 is 19.9 Å². The van der Waals surface area contributed by atoms with Gasteiger partial charge in [0.1, 0.15) is 11.8 Å². The van der Waals surface area contributed by atoms with Crippen molar-refractivity contribution in [2.24, 2.45) is 0 Å². The summed E-state index contributed by atoms with van der Waals surface area (Å²) in [5, 5.41) is 31.4. The van der Waals surface area contributed by atoms with Crippen LogP contribution in [0.4, 0.5) is 11.4 Å². The highest BCUT2D eigenvalue weighted by molar-refractivity contribution is 6.34. The Hall–Kier alpha value is -2.79. The fourth-order valence-corrected chi connectivity index (χ4v) is 2.97. The number of rotatable bonds is 5. The first-order valence-corrected chi connectivity index (χ1v) is 9.01. The number of nitrogens with one attached hydrogen (secondary N) is 1. The molecule has 28 heavy (non-hydrogen) atoms. The van der Waals surface area contributed by atoms with Gasteiger partial charge in [0.25, 0.3) is 0 Å². The molecule has 2 atom stereocenters. The molecular formula is C19H16Cl2N4O3. The van der Waals surface area contributed by atoms with Crippen molar-refractivity contribution in [2.45, 2.75) is 26.0 Å². The number of aromatic nitrogens is 2. The predicted octanol–water partition coefficient (Wildman–Crippen LogP) is 5.14. The van der Waals surface area contributed by atoms with Crippen LogP contribution in [0.1, 0.15) is 24.4 Å². The Balaban J connectivity index is 1.92. The molecule has 0 aliphatic heterocycles. The van der Waals surface area contributed by atoms with Crippen molar-refractivity contribution in [1.29, 1.82) is 0 Å². The number of halogens is 2. The van der Waals surface area contributed by atoms with Gasteiger partial charge in [-0.1, -0.05) is 29.3 Å². The maximum absolute atomic E-state index is 10.2. The topological polar surface area (TPSA) is 95.8 Å². The Kier molecular flexibility index (Phi) is 5.75. The molecule has 7 nitrogen and oxygen atoms in total. The summed E-state index contributed by atoms with van der Waals surface area (Å²) in [5.41, 5.74) is 2.19. The molecule has 0 unspecified atom stereocenters. The average Bonchev–Trinajstić information content (AvgIpc) is 3.14. The van der Waals surface area contributed by atoms with Crippen molar-refractivity contribution in [1.82, 2.24) is 10.2 Å². The Morgan fingerprint density at radius 2 is 1.96 bits per heavy atom. The average molecular weight is 419 g/mol. The third kappa shape index (κ3) is 3.90. The third-order valence-electron chi connectivity index (χ3n) is 4.18. The summed E-state index contributed by atoms with van der Waals surface area (Å²) in [7, 11) is 0. The normalized spacial score (nSPS) is 13.0. The zero-order chi connectivity index (χ0) is 20.4. The zero-order valence-corrected chi connectivity index (χ0v) is 16.5. The first-order valence-electron chi connectivity index (χ1n) is 8.25. The van der Waals surface area contributed by atoms with Gasteiger partial charge in [-0.3, -0.25) is 0 Å². The molecule has 0 amide bonds. The van der Waals surface area contributed by atoms with E-state index in [4.69, 9.17) is 34.2 Å². The molecule has 0 aliphatic rings. The standard InChI is InChI=1S/C19H16Cl2N4O3/c1-9-13(5-6-14(22-3)16(9)21)23-17(10(2)26)19-25-24-18(28-19)11-4-7-15(27)12(20)8-11/h4-8,10,17,23,26-27H,1-2H3/t10-,17-/m1/s1. The minimum atomic E-state index is -0.865. The Bertz CT molecular complexity index is 1060. The summed E-state index contributed by atoms with van der Waals surface area (Å²) >= 11 is 12.1. The number of aromatic hydroxyl groups is 1. The van der Waals surface area contributed by atoms with Crippen LogP contribution >= 0.6 is 23.2 Å². The lowest BCUT2D eigenvalue weighted by Crippen LogP contribution is -2.23. The van der Waals surface area contributed by atoms with Gasteiger partial charge in [0.15, 0.2) is 0 Å². The predicted molar refractivity (Wildman–Crippen MR) is 107 cm³/mol. The van der Waals surface area contributed by atoms with E-state index in [0.717, 1.165) is 0 Å². The van der Waals surface area contributed by atoms with E-state index in [1.807, 2.05) is 0 Å². The molecule has 0 radical (unpaired) electrons. The number of aliphatic hydroxyl groups is 1. The molecular weight excluding hydrogens is 403 g/mol. The molecule has 0 fully saturated rings. The molecule has 0 bridgehead atoms. The van der Waals surface area contributed by atoms with Crippen molar-refractivity contribution in [3.8, 4) is 17.2 Å². The van der Waals surface area contributed by atoms with Crippen molar-refractivity contribution >= 4 is 34.6 Å². The molecule has 0 aliphatic carbocycles. The van der Waals surface area contributed by atoms with E-state index in [2.05, 4.69) is 20.4 Å². The van der Waals surface area contributed by atoms with Gasteiger partial charge in [0.05, 0.1) is 22.7 Å². The smallest absolute Gasteiger partial charge is 0.247 e. The molecule has 1 aromatic heterocycles. The molecule has 0 saturated carbocycles. The van der Waals surface area contributed by atoms with Crippen LogP contribution in [0.3, 0.4) is 0 Å². The fraction of sp³-hybridized carbons (Fsp3) is 0.211. The van der Waals surface area contributed by atoms with Gasteiger partial charge in [0, 0.05) is 11.3 Å². The van der Waals surface area contributed by atoms with Crippen LogP contribution < -0.4 is 5.32 Å². The highest BCUT2D eigenvalue weighted by atomic mass is 35.5. The largest absolute Gasteiger partial charge is 0.506 e. The molecule has 2 aromatic carbocycles. The number of hydrogen-bond donors (Lipinski definition) is 3. The summed E-state index contributed by atoms with van der Waals surface area (Å²) in [6.45, 7) is 10.5. The molecule has 0 saturated heterocycles. The first-order chi connectivity index (χ1) is 13.3. The fourth-order valence-electron chi connectivity index (χ4n) is 2.59. The zero-order valence-electron chi connectivity index (χ0n) is 14.9. The van der Waals surface area contributed by atoms with Crippen LogP contribution in [0.2, 0.25) is 10.0 Å². The summed E-state index contributed by atoms with van der Waals surface area (Å²) in [4.78, 5) is 3.37. The van der Waals surface area contributed by atoms with Crippen LogP contribution in [0, 0.1) is 13.5 Å². The van der Waals surface area contributed by atoms with E-state index in [-0.39, 0.29) is 22.6 Å². The maximum Gasteiger partial charge on any atom is 0.247 e. The van der Waals surface area contributed by atoms with Gasteiger partial charge in [-0.25, -0.2) is 4.85 Å². The summed E-state index contributed by atoms with van der Waals surface area (Å²) < 4.78 is 5.71. The molecule has 3 N–H and O–H groups in total. The van der Waals surface area contributed by atoms with Crippen molar-refractivity contribution in [2.75, 3.05) is 5.32 Å². The van der Waals surface area contributed by atoms with Crippen LogP contribution in [0.25, 0.3) is 16.3 Å². The Morgan fingerprint density at radius 1 is 1.21 bits per heavy atom. The second kappa shape index (κ2) is 8.07. The highest BCUT2D eigenvalue weighted by Crippen LogP contribution is 2.35. The van der Waals surface area contributed by atoms with E-state index >= 15 is 0 Å². The quantitative estimate of drug-likeness (QED) is 0.496. The van der Waals surface area contributed by atoms with Gasteiger partial charge >= 0.3 is 0 Å². The third-order valence-corrected chi connectivity index (χ3v) is 4.96. The summed E-state index contributed by atoms with van der Waals surface area (Å²) in [5.74, 6) is 0.310. The van der Waals surface area contributed by atoms with E-state index in [1.54, 1.807) is 32.0 Å². The molecule has 0 spiro atoms. The summed E-state index contributed by atoms with van der Waals surface area (Å²) in [6, 6.07) is 7.13. The second-order valence-corrected chi connectivity index (χ2v) is 6.94. The number of phenolic OH excluding ortho intramolecular Hbond substituents is 1. The lowest BCUT2D eigenvalue weighted by atomic mass is 10.1. The van der Waals surface area contributed by atoms with Gasteiger partial charge in [-0.05, 0) is 43.7 Å². The lowest BCUT2D eigenvalue weighted by molar-refractivity contribution is 0.159. The number of phenols is 1. The van der Waals surface area contributed by atoms with Gasteiger partial charge in [-0.2, -0.15) is 0 Å². The van der Waals surface area contributed by atoms with E-state index < -0.39 is 12.1 Å². The molecule has 144 valence electrons. The molecule has 3 rings (SSSR count). The maximum atomic E-state index is 10.2. The van der Waals surface area contributed by atoms with Crippen LogP contribution in [-0.2, 0) is 0 Å². The SMILES string of the molecule is [C-]#[N+]c1ccc(N[C@@H](c2nnc(-c3ccc(O)c(Cl)c3)o2)[C@@H](C)O)c(C)c1Cl. The first kappa shape index (κ1) is 20.0. The molecule has 3 aromatic rings. The van der Waals surface area contributed by atoms with Crippen LogP contribution in [-0.4, -0.2) is 26.5 Å². The van der Waals surface area contributed by atoms with E-state index in [0.29, 0.717) is 27.5 Å². The van der Waals surface area contributed by atoms with Crippen LogP contribution in [0.5, 0.6) is 5.75 Å². The van der Waals surface area contributed by atoms with E-state index in [9.17, 15) is 10.2 Å². The van der Waals surface area contributed by atoms with E-state index in [1.165, 1.54) is 12.1 Å². The second-order valence-electron chi connectivity index (χ2n) is 6.16. The number of nitrogens with zero attached hydrogens (tertiary/aromatic N) is 3. The lowest BCUT2D eigenvalue weighted by Gasteiger charge is -2.21.